The Morgan fingerprint density at radius 1 is 1.33 bits per heavy atom. The second-order valence-corrected chi connectivity index (χ2v) is 7.15. The normalized spacial score (nSPS) is 32.0. The van der Waals surface area contributed by atoms with Crippen molar-refractivity contribution in [1.29, 1.82) is 0 Å². The van der Waals surface area contributed by atoms with Gasteiger partial charge in [-0.05, 0) is 37.5 Å². The Kier molecular flexibility index (Phi) is 6.06. The Labute approximate surface area is 129 Å². The molecule has 1 N–H and O–H groups in total. The van der Waals surface area contributed by atoms with Crippen LogP contribution >= 0.6 is 0 Å². The smallest absolute Gasteiger partial charge is 0.241 e. The van der Waals surface area contributed by atoms with Crippen LogP contribution in [0, 0.1) is 11.8 Å². The predicted octanol–water partition coefficient (Wildman–Crippen LogP) is 2.77. The van der Waals surface area contributed by atoms with Gasteiger partial charge in [0.05, 0.1) is 18.3 Å². The molecule has 1 amide bonds. The van der Waals surface area contributed by atoms with Crippen LogP contribution in [-0.2, 0) is 9.53 Å². The lowest BCUT2D eigenvalue weighted by molar-refractivity contribution is -0.133. The van der Waals surface area contributed by atoms with E-state index in [1.165, 1.54) is 6.42 Å². The van der Waals surface area contributed by atoms with Gasteiger partial charge in [-0.2, -0.15) is 0 Å². The second kappa shape index (κ2) is 7.59. The van der Waals surface area contributed by atoms with E-state index in [0.29, 0.717) is 11.8 Å². The van der Waals surface area contributed by atoms with Crippen LogP contribution in [0.25, 0.3) is 0 Å². The molecule has 2 aliphatic heterocycles. The summed E-state index contributed by atoms with van der Waals surface area (Å²) in [6.07, 6.45) is 5.94. The van der Waals surface area contributed by atoms with Crippen molar-refractivity contribution >= 4 is 5.91 Å². The maximum Gasteiger partial charge on any atom is 0.241 e. The van der Waals surface area contributed by atoms with Crippen molar-refractivity contribution in [3.63, 3.8) is 0 Å². The number of nitrogens with one attached hydrogen (secondary N) is 1. The lowest BCUT2D eigenvalue weighted by Crippen LogP contribution is -2.44. The lowest BCUT2D eigenvalue weighted by atomic mass is 9.99. The minimum atomic E-state index is -0.0117. The van der Waals surface area contributed by atoms with Crippen LogP contribution in [0.5, 0.6) is 0 Å². The third-order valence-electron chi connectivity index (χ3n) is 4.88. The fraction of sp³-hybridized carbons (Fsp3) is 0.941. The monoisotopic (exact) mass is 296 g/mol. The highest BCUT2D eigenvalue weighted by atomic mass is 16.5. The molecule has 2 heterocycles. The van der Waals surface area contributed by atoms with Crippen molar-refractivity contribution in [3.05, 3.63) is 0 Å². The molecule has 2 fully saturated rings. The van der Waals surface area contributed by atoms with Crippen LogP contribution in [0.2, 0.25) is 0 Å². The minimum Gasteiger partial charge on any atom is -0.376 e. The van der Waals surface area contributed by atoms with E-state index in [2.05, 4.69) is 37.9 Å². The van der Waals surface area contributed by atoms with Crippen molar-refractivity contribution in [2.75, 3.05) is 13.2 Å². The van der Waals surface area contributed by atoms with Gasteiger partial charge in [0.25, 0.3) is 0 Å². The Hall–Kier alpha value is -0.610. The third-order valence-corrected chi connectivity index (χ3v) is 4.88. The molecule has 0 saturated carbocycles. The molecular formula is C17H32N2O2. The summed E-state index contributed by atoms with van der Waals surface area (Å²) >= 11 is 0. The molecule has 0 radical (unpaired) electrons. The number of ether oxygens (including phenoxy) is 1. The molecule has 21 heavy (non-hydrogen) atoms. The summed E-state index contributed by atoms with van der Waals surface area (Å²) in [6, 6.07) is -0.0117. The number of hydrogen-bond acceptors (Lipinski definition) is 3. The average Bonchev–Trinajstić information content (AvgIpc) is 2.76. The lowest BCUT2D eigenvalue weighted by Gasteiger charge is -2.31. The molecule has 4 unspecified atom stereocenters. The van der Waals surface area contributed by atoms with Crippen LogP contribution in [0.15, 0.2) is 0 Å². The van der Waals surface area contributed by atoms with Crippen LogP contribution in [0.3, 0.4) is 0 Å². The Morgan fingerprint density at radius 2 is 2.10 bits per heavy atom. The predicted molar refractivity (Wildman–Crippen MR) is 84.9 cm³/mol. The van der Waals surface area contributed by atoms with Gasteiger partial charge >= 0.3 is 0 Å². The average molecular weight is 296 g/mol. The summed E-state index contributed by atoms with van der Waals surface area (Å²) < 4.78 is 5.84. The first-order chi connectivity index (χ1) is 10.0. The van der Waals surface area contributed by atoms with Gasteiger partial charge < -0.3 is 9.64 Å². The molecule has 2 rings (SSSR count). The molecule has 0 aromatic heterocycles. The number of hydrogen-bond donors (Lipinski definition) is 1. The van der Waals surface area contributed by atoms with Crippen molar-refractivity contribution in [1.82, 2.24) is 10.2 Å². The largest absolute Gasteiger partial charge is 0.376 e. The molecule has 2 saturated heterocycles. The summed E-state index contributed by atoms with van der Waals surface area (Å²) in [5.41, 5.74) is 0. The van der Waals surface area contributed by atoms with E-state index in [1.807, 2.05) is 0 Å². The molecular weight excluding hydrogens is 264 g/mol. The zero-order valence-corrected chi connectivity index (χ0v) is 14.1. The second-order valence-electron chi connectivity index (χ2n) is 7.15. The highest BCUT2D eigenvalue weighted by molar-refractivity contribution is 5.84. The van der Waals surface area contributed by atoms with Gasteiger partial charge in [0.15, 0.2) is 0 Å². The van der Waals surface area contributed by atoms with Gasteiger partial charge in [0, 0.05) is 13.2 Å². The molecule has 0 aliphatic carbocycles. The fourth-order valence-corrected chi connectivity index (χ4v) is 3.37. The van der Waals surface area contributed by atoms with Crippen LogP contribution < -0.4 is 5.32 Å². The van der Waals surface area contributed by atoms with Gasteiger partial charge in [-0.3, -0.25) is 10.1 Å². The number of carbonyl (C=O) groups excluding carboxylic acids is 1. The van der Waals surface area contributed by atoms with Gasteiger partial charge in [-0.1, -0.05) is 34.1 Å². The minimum absolute atomic E-state index is 0.0117. The van der Waals surface area contributed by atoms with Gasteiger partial charge in [0.1, 0.15) is 0 Å². The zero-order valence-electron chi connectivity index (χ0n) is 14.1. The summed E-state index contributed by atoms with van der Waals surface area (Å²) in [5.74, 6) is 1.26. The van der Waals surface area contributed by atoms with Crippen molar-refractivity contribution < 1.29 is 9.53 Å². The van der Waals surface area contributed by atoms with Gasteiger partial charge in [0.2, 0.25) is 5.91 Å². The van der Waals surface area contributed by atoms with Crippen LogP contribution in [0.4, 0.5) is 0 Å². The van der Waals surface area contributed by atoms with E-state index in [0.717, 1.165) is 38.8 Å². The Balaban J connectivity index is 2.03. The highest BCUT2D eigenvalue weighted by Gasteiger charge is 2.41. The van der Waals surface area contributed by atoms with E-state index in [1.54, 1.807) is 0 Å². The maximum absolute atomic E-state index is 12.8. The first-order valence-corrected chi connectivity index (χ1v) is 8.71. The first kappa shape index (κ1) is 16.8. The maximum atomic E-state index is 12.8. The number of nitrogens with zero attached hydrogens (tertiary/aromatic N) is 1. The molecule has 122 valence electrons. The van der Waals surface area contributed by atoms with Crippen molar-refractivity contribution in [3.8, 4) is 0 Å². The highest BCUT2D eigenvalue weighted by Crippen LogP contribution is 2.25. The quantitative estimate of drug-likeness (QED) is 0.819. The number of carbonyl (C=O) groups is 1. The number of amides is 1. The first-order valence-electron chi connectivity index (χ1n) is 8.71. The molecule has 0 aromatic rings. The molecule has 2 aliphatic rings. The number of rotatable bonds is 6. The standard InChI is InChI=1S/C17H32N2O2/c1-5-13(4)16-17(20)19(15(18-16)10-12(2)3)11-14-8-6-7-9-21-14/h12-16,18H,5-11H2,1-4H3. The molecule has 0 aromatic carbocycles. The molecule has 0 spiro atoms. The fourth-order valence-electron chi connectivity index (χ4n) is 3.37. The SMILES string of the molecule is CCC(C)C1NC(CC(C)C)N(CC2CCCCO2)C1=O. The van der Waals surface area contributed by atoms with Crippen LogP contribution in [-0.4, -0.2) is 42.3 Å². The Morgan fingerprint density at radius 3 is 2.67 bits per heavy atom. The summed E-state index contributed by atoms with van der Waals surface area (Å²) in [7, 11) is 0. The molecule has 4 atom stereocenters. The third kappa shape index (κ3) is 4.19. The summed E-state index contributed by atoms with van der Waals surface area (Å²) in [6.45, 7) is 10.4. The Bertz CT molecular complexity index is 340. The summed E-state index contributed by atoms with van der Waals surface area (Å²) in [4.78, 5) is 14.8. The molecule has 0 bridgehead atoms. The van der Waals surface area contributed by atoms with Crippen molar-refractivity contribution in [2.24, 2.45) is 11.8 Å². The van der Waals surface area contributed by atoms with Crippen molar-refractivity contribution in [2.45, 2.75) is 78.1 Å². The zero-order chi connectivity index (χ0) is 15.4. The molecule has 4 heteroatoms. The molecule has 4 nitrogen and oxygen atoms in total. The van der Waals surface area contributed by atoms with E-state index in [4.69, 9.17) is 4.74 Å². The van der Waals surface area contributed by atoms with E-state index in [9.17, 15) is 4.79 Å². The van der Waals surface area contributed by atoms with E-state index < -0.39 is 0 Å². The van der Waals surface area contributed by atoms with Gasteiger partial charge in [-0.25, -0.2) is 0 Å². The van der Waals surface area contributed by atoms with E-state index >= 15 is 0 Å². The topological polar surface area (TPSA) is 41.6 Å². The van der Waals surface area contributed by atoms with Gasteiger partial charge in [-0.15, -0.1) is 0 Å². The van der Waals surface area contributed by atoms with Crippen LogP contribution in [0.1, 0.15) is 59.8 Å². The summed E-state index contributed by atoms with van der Waals surface area (Å²) in [5, 5.41) is 3.58. The van der Waals surface area contributed by atoms with E-state index in [-0.39, 0.29) is 24.2 Å².